The van der Waals surface area contributed by atoms with Crippen LogP contribution in [0.2, 0.25) is 5.02 Å². The number of ether oxygens (including phenoxy) is 1. The standard InChI is InChI=1S/C27H25ClN4O2/c28-23-7-3-1-6-21(23)26(32-13-15-34-16-14-32)18-30-27(33)22-17-25(19-9-11-29-12-10-19)31-24-8-4-2-5-20(22)24/h1-12,17,26H,13-16,18H2,(H,30,33). The van der Waals surface area contributed by atoms with E-state index in [0.29, 0.717) is 30.3 Å². The molecule has 0 spiro atoms. The Labute approximate surface area is 203 Å². The summed E-state index contributed by atoms with van der Waals surface area (Å²) in [6.45, 7) is 3.34. The van der Waals surface area contributed by atoms with Gasteiger partial charge in [0.2, 0.25) is 0 Å². The summed E-state index contributed by atoms with van der Waals surface area (Å²) in [6.07, 6.45) is 3.45. The predicted molar refractivity (Wildman–Crippen MR) is 134 cm³/mol. The molecule has 34 heavy (non-hydrogen) atoms. The van der Waals surface area contributed by atoms with Crippen LogP contribution in [0.4, 0.5) is 0 Å². The highest BCUT2D eigenvalue weighted by Gasteiger charge is 2.25. The molecule has 7 heteroatoms. The second-order valence-corrected chi connectivity index (χ2v) is 8.61. The first kappa shape index (κ1) is 22.5. The van der Waals surface area contributed by atoms with Gasteiger partial charge in [-0.05, 0) is 35.9 Å². The molecule has 1 aliphatic rings. The number of hydrogen-bond acceptors (Lipinski definition) is 5. The molecule has 1 atom stereocenters. The molecule has 0 bridgehead atoms. The lowest BCUT2D eigenvalue weighted by Crippen LogP contribution is -2.44. The smallest absolute Gasteiger partial charge is 0.252 e. The number of benzene rings is 2. The van der Waals surface area contributed by atoms with Gasteiger partial charge in [0.15, 0.2) is 0 Å². The van der Waals surface area contributed by atoms with Crippen molar-refractivity contribution in [1.29, 1.82) is 0 Å². The molecule has 0 aliphatic carbocycles. The van der Waals surface area contributed by atoms with E-state index in [2.05, 4.69) is 15.2 Å². The van der Waals surface area contributed by atoms with Crippen molar-refractivity contribution in [3.8, 4) is 11.3 Å². The second kappa shape index (κ2) is 10.3. The Hall–Kier alpha value is -3.32. The summed E-state index contributed by atoms with van der Waals surface area (Å²) in [5.74, 6) is -0.140. The Balaban J connectivity index is 1.46. The normalized spacial score (nSPS) is 15.2. The van der Waals surface area contributed by atoms with Crippen LogP contribution in [0.25, 0.3) is 22.2 Å². The summed E-state index contributed by atoms with van der Waals surface area (Å²) >= 11 is 6.55. The number of carbonyl (C=O) groups excluding carboxylic acids is 1. The molecule has 2 aromatic carbocycles. The lowest BCUT2D eigenvalue weighted by molar-refractivity contribution is 0.0162. The van der Waals surface area contributed by atoms with Crippen LogP contribution >= 0.6 is 11.6 Å². The number of carbonyl (C=O) groups is 1. The highest BCUT2D eigenvalue weighted by molar-refractivity contribution is 6.31. The maximum absolute atomic E-state index is 13.5. The Kier molecular flexibility index (Phi) is 6.81. The third-order valence-corrected chi connectivity index (χ3v) is 6.49. The zero-order valence-corrected chi connectivity index (χ0v) is 19.4. The molecule has 6 nitrogen and oxygen atoms in total. The molecule has 1 unspecified atom stereocenters. The maximum atomic E-state index is 13.5. The minimum absolute atomic E-state index is 0.0469. The highest BCUT2D eigenvalue weighted by atomic mass is 35.5. The highest BCUT2D eigenvalue weighted by Crippen LogP contribution is 2.29. The average molecular weight is 473 g/mol. The minimum atomic E-state index is -0.140. The van der Waals surface area contributed by atoms with Crippen LogP contribution in [0.1, 0.15) is 22.0 Å². The second-order valence-electron chi connectivity index (χ2n) is 8.20. The van der Waals surface area contributed by atoms with E-state index >= 15 is 0 Å². The molecule has 1 fully saturated rings. The zero-order valence-electron chi connectivity index (χ0n) is 18.7. The number of aromatic nitrogens is 2. The number of nitrogens with zero attached hydrogens (tertiary/aromatic N) is 3. The van der Waals surface area contributed by atoms with E-state index in [1.807, 2.05) is 66.7 Å². The van der Waals surface area contributed by atoms with Crippen LogP contribution in [-0.4, -0.2) is 53.6 Å². The fourth-order valence-corrected chi connectivity index (χ4v) is 4.65. The van der Waals surface area contributed by atoms with Crippen molar-refractivity contribution in [2.75, 3.05) is 32.8 Å². The molecule has 172 valence electrons. The van der Waals surface area contributed by atoms with Crippen LogP contribution in [-0.2, 0) is 4.74 Å². The quantitative estimate of drug-likeness (QED) is 0.438. The van der Waals surface area contributed by atoms with Gasteiger partial charge in [-0.3, -0.25) is 14.7 Å². The van der Waals surface area contributed by atoms with Gasteiger partial charge in [-0.25, -0.2) is 4.98 Å². The average Bonchev–Trinajstić information content (AvgIpc) is 2.90. The van der Waals surface area contributed by atoms with Crippen molar-refractivity contribution in [1.82, 2.24) is 20.2 Å². The van der Waals surface area contributed by atoms with Crippen LogP contribution in [0.3, 0.4) is 0 Å². The van der Waals surface area contributed by atoms with Crippen molar-refractivity contribution in [3.05, 3.63) is 95.3 Å². The Morgan fingerprint density at radius 2 is 1.76 bits per heavy atom. The third-order valence-electron chi connectivity index (χ3n) is 6.14. The van der Waals surface area contributed by atoms with Crippen LogP contribution < -0.4 is 5.32 Å². The third kappa shape index (κ3) is 4.80. The molecule has 1 saturated heterocycles. The maximum Gasteiger partial charge on any atom is 0.252 e. The number of morpholine rings is 1. The Morgan fingerprint density at radius 3 is 2.56 bits per heavy atom. The first-order chi connectivity index (χ1) is 16.7. The van der Waals surface area contributed by atoms with E-state index in [1.165, 1.54) is 0 Å². The van der Waals surface area contributed by atoms with Crippen LogP contribution in [0.15, 0.2) is 79.1 Å². The van der Waals surface area contributed by atoms with E-state index in [1.54, 1.807) is 12.4 Å². The molecule has 3 heterocycles. The fraction of sp³-hybridized carbons (Fsp3) is 0.222. The molecule has 1 aliphatic heterocycles. The van der Waals surface area contributed by atoms with Gasteiger partial charge in [-0.1, -0.05) is 48.0 Å². The minimum Gasteiger partial charge on any atom is -0.379 e. The van der Waals surface area contributed by atoms with Gasteiger partial charge < -0.3 is 10.1 Å². The largest absolute Gasteiger partial charge is 0.379 e. The van der Waals surface area contributed by atoms with E-state index in [-0.39, 0.29) is 11.9 Å². The van der Waals surface area contributed by atoms with Gasteiger partial charge >= 0.3 is 0 Å². The number of para-hydroxylation sites is 1. The molecular formula is C27H25ClN4O2. The fourth-order valence-electron chi connectivity index (χ4n) is 4.39. The summed E-state index contributed by atoms with van der Waals surface area (Å²) in [5.41, 5.74) is 4.03. The Bertz CT molecular complexity index is 1290. The van der Waals surface area contributed by atoms with Gasteiger partial charge in [0.05, 0.1) is 36.0 Å². The van der Waals surface area contributed by atoms with E-state index < -0.39 is 0 Å². The summed E-state index contributed by atoms with van der Waals surface area (Å²) in [5, 5.41) is 4.69. The predicted octanol–water partition coefficient (Wildman–Crippen LogP) is 4.75. The molecule has 0 saturated carbocycles. The number of nitrogens with one attached hydrogen (secondary N) is 1. The van der Waals surface area contributed by atoms with Crippen molar-refractivity contribution in [3.63, 3.8) is 0 Å². The zero-order chi connectivity index (χ0) is 23.3. The molecule has 1 N–H and O–H groups in total. The van der Waals surface area contributed by atoms with Crippen molar-refractivity contribution < 1.29 is 9.53 Å². The summed E-state index contributed by atoms with van der Waals surface area (Å²) in [4.78, 5) is 24.7. The number of hydrogen-bond donors (Lipinski definition) is 1. The summed E-state index contributed by atoms with van der Waals surface area (Å²) in [6, 6.07) is 21.1. The number of pyridine rings is 2. The van der Waals surface area contributed by atoms with Crippen molar-refractivity contribution >= 4 is 28.4 Å². The van der Waals surface area contributed by atoms with Gasteiger partial charge in [0, 0.05) is 48.0 Å². The summed E-state index contributed by atoms with van der Waals surface area (Å²) < 4.78 is 5.54. The first-order valence-corrected chi connectivity index (χ1v) is 11.7. The Morgan fingerprint density at radius 1 is 1.03 bits per heavy atom. The number of amides is 1. The summed E-state index contributed by atoms with van der Waals surface area (Å²) in [7, 11) is 0. The molecule has 1 amide bonds. The van der Waals surface area contributed by atoms with Crippen molar-refractivity contribution in [2.45, 2.75) is 6.04 Å². The van der Waals surface area contributed by atoms with Crippen molar-refractivity contribution in [2.24, 2.45) is 0 Å². The first-order valence-electron chi connectivity index (χ1n) is 11.4. The van der Waals surface area contributed by atoms with Gasteiger partial charge in [0.1, 0.15) is 0 Å². The molecule has 5 rings (SSSR count). The van der Waals surface area contributed by atoms with E-state index in [4.69, 9.17) is 21.3 Å². The number of halogens is 1. The van der Waals surface area contributed by atoms with Crippen LogP contribution in [0.5, 0.6) is 0 Å². The van der Waals surface area contributed by atoms with E-state index in [9.17, 15) is 4.79 Å². The van der Waals surface area contributed by atoms with Gasteiger partial charge in [0.25, 0.3) is 5.91 Å². The number of rotatable bonds is 6. The van der Waals surface area contributed by atoms with Gasteiger partial charge in [-0.2, -0.15) is 0 Å². The SMILES string of the molecule is O=C(NCC(c1ccccc1Cl)N1CCOCC1)c1cc(-c2ccncc2)nc2ccccc12. The number of fused-ring (bicyclic) bond motifs is 1. The molecule has 4 aromatic rings. The lowest BCUT2D eigenvalue weighted by Gasteiger charge is -2.35. The monoisotopic (exact) mass is 472 g/mol. The molecular weight excluding hydrogens is 448 g/mol. The molecule has 0 radical (unpaired) electrons. The molecule has 2 aromatic heterocycles. The van der Waals surface area contributed by atoms with E-state index in [0.717, 1.165) is 40.8 Å². The lowest BCUT2D eigenvalue weighted by atomic mass is 10.0. The topological polar surface area (TPSA) is 67.4 Å². The van der Waals surface area contributed by atoms with Gasteiger partial charge in [-0.15, -0.1) is 0 Å². The van der Waals surface area contributed by atoms with Crippen LogP contribution in [0, 0.1) is 0 Å².